The summed E-state index contributed by atoms with van der Waals surface area (Å²) >= 11 is 0. The first-order valence-corrected chi connectivity index (χ1v) is 7.15. The van der Waals surface area contributed by atoms with Crippen molar-refractivity contribution >= 4 is 11.4 Å². The topological polar surface area (TPSA) is 82.2 Å². The lowest BCUT2D eigenvalue weighted by Crippen LogP contribution is -2.37. The van der Waals surface area contributed by atoms with E-state index in [1.807, 2.05) is 6.07 Å². The van der Waals surface area contributed by atoms with Crippen LogP contribution in [0.2, 0.25) is 0 Å². The summed E-state index contributed by atoms with van der Waals surface area (Å²) in [6, 6.07) is 6.66. The molecule has 1 aliphatic heterocycles. The van der Waals surface area contributed by atoms with Gasteiger partial charge in [0, 0.05) is 12.1 Å². The van der Waals surface area contributed by atoms with E-state index in [0.717, 1.165) is 25.9 Å². The summed E-state index contributed by atoms with van der Waals surface area (Å²) in [5.41, 5.74) is 0.762. The summed E-state index contributed by atoms with van der Waals surface area (Å²) in [6.07, 6.45) is 2.18. The highest BCUT2D eigenvalue weighted by Crippen LogP contribution is 2.29. The minimum absolute atomic E-state index is 0.0335. The minimum atomic E-state index is -0.440. The second-order valence-corrected chi connectivity index (χ2v) is 5.67. The third-order valence-electron chi connectivity index (χ3n) is 4.18. The van der Waals surface area contributed by atoms with Crippen LogP contribution in [0.4, 0.5) is 11.4 Å². The minimum Gasteiger partial charge on any atom is -0.377 e. The van der Waals surface area contributed by atoms with Gasteiger partial charge in [0.2, 0.25) is 0 Å². The molecule has 0 saturated carbocycles. The van der Waals surface area contributed by atoms with Crippen LogP contribution in [0.1, 0.15) is 25.3 Å². The molecule has 1 aliphatic rings. The fourth-order valence-corrected chi connectivity index (χ4v) is 2.77. The number of hydrogen-bond acceptors (Lipinski definition) is 5. The number of nitro groups is 1. The standard InChI is InChI=1S/C15H20N4O2/c1-11(13-5-7-18(2)8-6-13)17-14-4-3-12(10-16)9-15(14)19(20)21/h3-4,9,11,13,17H,5-8H2,1-2H3. The molecule has 1 saturated heterocycles. The quantitative estimate of drug-likeness (QED) is 0.680. The van der Waals surface area contributed by atoms with Crippen LogP contribution >= 0.6 is 0 Å². The van der Waals surface area contributed by atoms with Gasteiger partial charge in [-0.3, -0.25) is 10.1 Å². The first-order chi connectivity index (χ1) is 10.0. The predicted molar refractivity (Wildman–Crippen MR) is 81.1 cm³/mol. The molecule has 0 bridgehead atoms. The summed E-state index contributed by atoms with van der Waals surface area (Å²) in [4.78, 5) is 13.0. The van der Waals surface area contributed by atoms with Gasteiger partial charge in [0.15, 0.2) is 0 Å². The number of benzene rings is 1. The number of nitro benzene ring substituents is 1. The highest BCUT2D eigenvalue weighted by molar-refractivity contribution is 5.64. The number of likely N-dealkylation sites (tertiary alicyclic amines) is 1. The molecule has 1 aromatic carbocycles. The van der Waals surface area contributed by atoms with E-state index in [0.29, 0.717) is 17.2 Å². The Hall–Kier alpha value is -2.13. The van der Waals surface area contributed by atoms with Crippen LogP contribution in [0.3, 0.4) is 0 Å². The van der Waals surface area contributed by atoms with Gasteiger partial charge in [-0.1, -0.05) is 0 Å². The Balaban J connectivity index is 2.12. The molecule has 0 radical (unpaired) electrons. The summed E-state index contributed by atoms with van der Waals surface area (Å²) in [7, 11) is 2.11. The molecule has 21 heavy (non-hydrogen) atoms. The molecule has 1 fully saturated rings. The maximum Gasteiger partial charge on any atom is 0.293 e. The molecular formula is C15H20N4O2. The van der Waals surface area contributed by atoms with Crippen molar-refractivity contribution in [3.05, 3.63) is 33.9 Å². The monoisotopic (exact) mass is 288 g/mol. The Labute approximate surface area is 124 Å². The summed E-state index contributed by atoms with van der Waals surface area (Å²) in [5, 5.41) is 23.2. The Kier molecular flexibility index (Phi) is 4.76. The number of nitrogens with one attached hydrogen (secondary N) is 1. The molecule has 0 amide bonds. The zero-order chi connectivity index (χ0) is 15.4. The molecule has 0 aliphatic carbocycles. The first-order valence-electron chi connectivity index (χ1n) is 7.15. The van der Waals surface area contributed by atoms with Gasteiger partial charge in [-0.15, -0.1) is 0 Å². The van der Waals surface area contributed by atoms with Crippen LogP contribution in [0.15, 0.2) is 18.2 Å². The highest BCUT2D eigenvalue weighted by atomic mass is 16.6. The molecule has 2 rings (SSSR count). The second-order valence-electron chi connectivity index (χ2n) is 5.67. The first kappa shape index (κ1) is 15.3. The van der Waals surface area contributed by atoms with E-state index in [9.17, 15) is 10.1 Å². The van der Waals surface area contributed by atoms with Crippen LogP contribution < -0.4 is 5.32 Å². The Bertz CT molecular complexity index is 559. The number of piperidine rings is 1. The maximum atomic E-state index is 11.1. The molecule has 0 spiro atoms. The number of rotatable bonds is 4. The van der Waals surface area contributed by atoms with E-state index in [2.05, 4.69) is 24.2 Å². The van der Waals surface area contributed by atoms with Gasteiger partial charge in [0.1, 0.15) is 5.69 Å². The van der Waals surface area contributed by atoms with Gasteiger partial charge < -0.3 is 10.2 Å². The van der Waals surface area contributed by atoms with Gasteiger partial charge in [0.05, 0.1) is 16.6 Å². The van der Waals surface area contributed by atoms with Crippen LogP contribution in [-0.2, 0) is 0 Å². The summed E-state index contributed by atoms with van der Waals surface area (Å²) in [5.74, 6) is 0.511. The van der Waals surface area contributed by atoms with Crippen LogP contribution in [0, 0.1) is 27.4 Å². The van der Waals surface area contributed by atoms with Crippen LogP contribution in [0.25, 0.3) is 0 Å². The van der Waals surface area contributed by atoms with Crippen LogP contribution in [-0.4, -0.2) is 36.0 Å². The van der Waals surface area contributed by atoms with E-state index in [1.165, 1.54) is 6.07 Å². The van der Waals surface area contributed by atoms with Crippen molar-refractivity contribution in [3.8, 4) is 6.07 Å². The zero-order valence-electron chi connectivity index (χ0n) is 12.4. The zero-order valence-corrected chi connectivity index (χ0v) is 12.4. The van der Waals surface area contributed by atoms with Gasteiger partial charge in [-0.2, -0.15) is 5.26 Å². The number of hydrogen-bond donors (Lipinski definition) is 1. The molecule has 1 atom stereocenters. The van der Waals surface area contributed by atoms with Crippen molar-refractivity contribution < 1.29 is 4.92 Å². The number of nitriles is 1. The van der Waals surface area contributed by atoms with Gasteiger partial charge in [0.25, 0.3) is 5.69 Å². The second kappa shape index (κ2) is 6.55. The Morgan fingerprint density at radius 3 is 2.71 bits per heavy atom. The average Bonchev–Trinajstić information content (AvgIpc) is 2.48. The molecule has 1 heterocycles. The normalized spacial score (nSPS) is 18.0. The van der Waals surface area contributed by atoms with Gasteiger partial charge in [-0.05, 0) is 58.0 Å². The van der Waals surface area contributed by atoms with E-state index in [4.69, 9.17) is 5.26 Å². The fourth-order valence-electron chi connectivity index (χ4n) is 2.77. The van der Waals surface area contributed by atoms with Crippen molar-refractivity contribution in [1.82, 2.24) is 4.90 Å². The molecule has 1 unspecified atom stereocenters. The van der Waals surface area contributed by atoms with E-state index in [-0.39, 0.29) is 11.7 Å². The van der Waals surface area contributed by atoms with E-state index < -0.39 is 4.92 Å². The average molecular weight is 288 g/mol. The van der Waals surface area contributed by atoms with Crippen LogP contribution in [0.5, 0.6) is 0 Å². The van der Waals surface area contributed by atoms with Crippen molar-refractivity contribution in [2.24, 2.45) is 5.92 Å². The SMILES string of the molecule is CC(Nc1ccc(C#N)cc1[N+](=O)[O-])C1CCN(C)CC1. The van der Waals surface area contributed by atoms with Gasteiger partial charge in [-0.25, -0.2) is 0 Å². The number of nitrogens with zero attached hydrogens (tertiary/aromatic N) is 3. The predicted octanol–water partition coefficient (Wildman–Crippen LogP) is 2.61. The maximum absolute atomic E-state index is 11.1. The van der Waals surface area contributed by atoms with Crippen molar-refractivity contribution in [3.63, 3.8) is 0 Å². The molecule has 1 aromatic rings. The van der Waals surface area contributed by atoms with Gasteiger partial charge >= 0.3 is 0 Å². The molecule has 6 heteroatoms. The third kappa shape index (κ3) is 3.70. The lowest BCUT2D eigenvalue weighted by molar-refractivity contribution is -0.384. The molecule has 112 valence electrons. The Morgan fingerprint density at radius 1 is 1.48 bits per heavy atom. The Morgan fingerprint density at radius 2 is 2.14 bits per heavy atom. The van der Waals surface area contributed by atoms with Crippen molar-refractivity contribution in [1.29, 1.82) is 5.26 Å². The smallest absolute Gasteiger partial charge is 0.293 e. The molecule has 6 nitrogen and oxygen atoms in total. The summed E-state index contributed by atoms with van der Waals surface area (Å²) < 4.78 is 0. The molecule has 1 N–H and O–H groups in total. The fraction of sp³-hybridized carbons (Fsp3) is 0.533. The van der Waals surface area contributed by atoms with E-state index in [1.54, 1.807) is 12.1 Å². The van der Waals surface area contributed by atoms with Crippen molar-refractivity contribution in [2.45, 2.75) is 25.8 Å². The third-order valence-corrected chi connectivity index (χ3v) is 4.18. The largest absolute Gasteiger partial charge is 0.377 e. The number of anilines is 1. The summed E-state index contributed by atoms with van der Waals surface area (Å²) in [6.45, 7) is 4.19. The lowest BCUT2D eigenvalue weighted by atomic mass is 9.90. The molecule has 0 aromatic heterocycles. The van der Waals surface area contributed by atoms with Crippen molar-refractivity contribution in [2.75, 3.05) is 25.5 Å². The lowest BCUT2D eigenvalue weighted by Gasteiger charge is -2.33. The highest BCUT2D eigenvalue weighted by Gasteiger charge is 2.24. The van der Waals surface area contributed by atoms with E-state index >= 15 is 0 Å². The molecular weight excluding hydrogens is 268 g/mol.